The molecule has 0 fully saturated rings. The van der Waals surface area contributed by atoms with Gasteiger partial charge in [0.15, 0.2) is 10.1 Å². The van der Waals surface area contributed by atoms with Crippen LogP contribution < -0.4 is 10.2 Å². The van der Waals surface area contributed by atoms with Crippen LogP contribution in [0.2, 0.25) is 0 Å². The summed E-state index contributed by atoms with van der Waals surface area (Å²) in [6.07, 6.45) is 0. The second-order valence-electron chi connectivity index (χ2n) is 3.50. The number of carbonyl (C=O) groups is 2. The minimum Gasteiger partial charge on any atom is -0.548 e. The molecule has 0 N–H and O–H groups in total. The van der Waals surface area contributed by atoms with Crippen molar-refractivity contribution < 1.29 is 36.9 Å². The average Bonchev–Trinajstić information content (AvgIpc) is 3.17. The maximum absolute atomic E-state index is 10.3. The van der Waals surface area contributed by atoms with E-state index >= 15 is 0 Å². The van der Waals surface area contributed by atoms with Gasteiger partial charge >= 0.3 is 17.1 Å². The Hall–Kier alpha value is -1.26. The summed E-state index contributed by atoms with van der Waals surface area (Å²) in [5, 5.41) is 27.6. The Balaban J connectivity index is 0.000000443. The molecule has 17 heteroatoms. The number of carbonyl (C=O) groups excluding carboxylic acids is 2. The van der Waals surface area contributed by atoms with Gasteiger partial charge in [-0.25, -0.2) is 0 Å². The van der Waals surface area contributed by atoms with E-state index in [1.165, 1.54) is 0 Å². The Morgan fingerprint density at radius 1 is 0.720 bits per heavy atom. The molecule has 0 amide bonds. The van der Waals surface area contributed by atoms with Gasteiger partial charge in [-0.3, -0.25) is 0 Å². The van der Waals surface area contributed by atoms with Gasteiger partial charge in [0.05, 0.1) is 11.9 Å². The van der Waals surface area contributed by atoms with Gasteiger partial charge in [-0.15, -0.1) is 19.6 Å². The predicted molar refractivity (Wildman–Crippen MR) is 85.2 cm³/mol. The fourth-order valence-electron chi connectivity index (χ4n) is 1.19. The number of rotatable bonds is 6. The van der Waals surface area contributed by atoms with E-state index in [2.05, 4.69) is 20.7 Å². The molecule has 2 unspecified atom stereocenters. The van der Waals surface area contributed by atoms with Crippen LogP contribution in [0.3, 0.4) is 0 Å². The fraction of sp³-hybridized carbons (Fsp3) is 0.250. The van der Waals surface area contributed by atoms with Crippen LogP contribution in [0.15, 0.2) is 42.2 Å². The van der Waals surface area contributed by atoms with Crippen LogP contribution >= 0.6 is 43.2 Å². The molecule has 0 saturated carbocycles. The van der Waals surface area contributed by atoms with E-state index in [0.29, 0.717) is 0 Å². The van der Waals surface area contributed by atoms with Gasteiger partial charge in [0.2, 0.25) is 0 Å². The molecule has 0 aromatic rings. The molecule has 0 radical (unpaired) electrons. The summed E-state index contributed by atoms with van der Waals surface area (Å²) in [6.45, 7) is 0. The molecule has 2 aliphatic heterocycles. The zero-order valence-electron chi connectivity index (χ0n) is 11.2. The first-order valence-corrected chi connectivity index (χ1v) is 9.73. The summed E-state index contributed by atoms with van der Waals surface area (Å²) in [4.78, 5) is 60.7. The van der Waals surface area contributed by atoms with Gasteiger partial charge in [-0.2, -0.15) is 0 Å². The number of carboxylic acids is 2. The Kier molecular flexibility index (Phi) is 10.8. The van der Waals surface area contributed by atoms with Crippen LogP contribution in [0.25, 0.3) is 0 Å². The van der Waals surface area contributed by atoms with Gasteiger partial charge in [-0.05, 0) is 42.3 Å². The topological polar surface area (TPSA) is 198 Å². The maximum atomic E-state index is 10.3. The molecule has 2 aliphatic rings. The second-order valence-corrected chi connectivity index (χ2v) is 8.09. The summed E-state index contributed by atoms with van der Waals surface area (Å²) in [6, 6.07) is 0. The molecule has 134 valence electrons. The Bertz CT molecular complexity index is 615. The van der Waals surface area contributed by atoms with Crippen LogP contribution in [0.5, 0.6) is 0 Å². The van der Waals surface area contributed by atoms with Crippen molar-refractivity contribution in [1.82, 2.24) is 0 Å². The molecule has 12 nitrogen and oxygen atoms in total. The number of nitrogens with zero attached hydrogens (tertiary/aromatic N) is 4. The Morgan fingerprint density at radius 2 is 1.04 bits per heavy atom. The SMILES string of the molecule is O=NC1=C(N=O)C(C(=O)[O-])SS1.O=NC1=C(N=O)C(C(=O)[O-])SS1.[Fe+2]. The van der Waals surface area contributed by atoms with E-state index in [1.54, 1.807) is 0 Å². The van der Waals surface area contributed by atoms with Crippen LogP contribution in [0, 0.1) is 19.6 Å². The monoisotopic (exact) mass is 466 g/mol. The number of hydrogen-bond donors (Lipinski definition) is 0. The van der Waals surface area contributed by atoms with Gasteiger partial charge in [0.25, 0.3) is 0 Å². The Morgan fingerprint density at radius 3 is 1.24 bits per heavy atom. The standard InChI is InChI=1S/2C4H2N2O4S2.Fe/c2*7-4(8)2-1(5-9)3(6-10)12-11-2;/h2*2H,(H,7,8);/q;;+2/p-2. The second kappa shape index (κ2) is 11.4. The molecular weight excluding hydrogens is 464 g/mol. The van der Waals surface area contributed by atoms with Crippen molar-refractivity contribution in [1.29, 1.82) is 0 Å². The summed E-state index contributed by atoms with van der Waals surface area (Å²) in [7, 11) is 3.25. The van der Waals surface area contributed by atoms with Crippen molar-refractivity contribution in [3.63, 3.8) is 0 Å². The van der Waals surface area contributed by atoms with Crippen molar-refractivity contribution in [2.24, 2.45) is 20.7 Å². The first-order valence-electron chi connectivity index (χ1n) is 5.31. The van der Waals surface area contributed by atoms with Crippen LogP contribution in [-0.4, -0.2) is 22.4 Å². The summed E-state index contributed by atoms with van der Waals surface area (Å²) >= 11 is 0. The van der Waals surface area contributed by atoms with E-state index < -0.39 is 22.4 Å². The van der Waals surface area contributed by atoms with Crippen LogP contribution in [0.4, 0.5) is 0 Å². The molecule has 2 heterocycles. The largest absolute Gasteiger partial charge is 2.00 e. The minimum atomic E-state index is -1.44. The maximum Gasteiger partial charge on any atom is 2.00 e. The van der Waals surface area contributed by atoms with E-state index in [4.69, 9.17) is 0 Å². The van der Waals surface area contributed by atoms with Gasteiger partial charge < -0.3 is 19.8 Å². The summed E-state index contributed by atoms with van der Waals surface area (Å²) < 4.78 is 0. The zero-order chi connectivity index (χ0) is 18.3. The Labute approximate surface area is 163 Å². The van der Waals surface area contributed by atoms with Crippen LogP contribution in [-0.2, 0) is 26.7 Å². The van der Waals surface area contributed by atoms with Gasteiger partial charge in [0, 0.05) is 0 Å². The van der Waals surface area contributed by atoms with Gasteiger partial charge in [-0.1, -0.05) is 21.6 Å². The first kappa shape index (κ1) is 23.7. The molecule has 2 atom stereocenters. The molecule has 25 heavy (non-hydrogen) atoms. The molecular formula is C8H2FeN4O8S4. The third kappa shape index (κ3) is 5.89. The average molecular weight is 466 g/mol. The van der Waals surface area contributed by atoms with Gasteiger partial charge in [0.1, 0.15) is 21.9 Å². The van der Waals surface area contributed by atoms with E-state index in [1.807, 2.05) is 0 Å². The molecule has 0 bridgehead atoms. The molecule has 0 aliphatic carbocycles. The van der Waals surface area contributed by atoms with Crippen LogP contribution in [0.1, 0.15) is 0 Å². The fourth-order valence-corrected chi connectivity index (χ4v) is 5.74. The predicted octanol–water partition coefficient (Wildman–Crippen LogP) is 0.401. The van der Waals surface area contributed by atoms with Crippen molar-refractivity contribution in [3.8, 4) is 0 Å². The zero-order valence-corrected chi connectivity index (χ0v) is 15.6. The number of carboxylic acid groups (broad SMARTS) is 2. The minimum absolute atomic E-state index is 0. The molecule has 0 aromatic heterocycles. The number of aliphatic carboxylic acids is 2. The number of hydrogen-bond acceptors (Lipinski definition) is 16. The first-order chi connectivity index (χ1) is 11.4. The molecule has 2 rings (SSSR count). The molecule has 0 spiro atoms. The van der Waals surface area contributed by atoms with E-state index in [-0.39, 0.29) is 38.5 Å². The summed E-state index contributed by atoms with van der Waals surface area (Å²) in [5.41, 5.74) is -0.722. The third-order valence-electron chi connectivity index (χ3n) is 2.17. The van der Waals surface area contributed by atoms with Crippen molar-refractivity contribution in [2.45, 2.75) is 10.5 Å². The normalized spacial score (nSPS) is 21.6. The van der Waals surface area contributed by atoms with E-state index in [9.17, 15) is 39.4 Å². The summed E-state index contributed by atoms with van der Waals surface area (Å²) in [5.74, 6) is -2.89. The van der Waals surface area contributed by atoms with Crippen molar-refractivity contribution in [2.75, 3.05) is 0 Å². The quantitative estimate of drug-likeness (QED) is 0.297. The third-order valence-corrected chi connectivity index (χ3v) is 7.14. The number of nitroso groups, excluding NO2 is 4. The van der Waals surface area contributed by atoms with E-state index in [0.717, 1.165) is 43.2 Å². The molecule has 0 saturated heterocycles. The van der Waals surface area contributed by atoms with Crippen molar-refractivity contribution >= 4 is 55.1 Å². The smallest absolute Gasteiger partial charge is 0.548 e. The van der Waals surface area contributed by atoms with Crippen molar-refractivity contribution in [3.05, 3.63) is 41.1 Å². The molecule has 0 aromatic carbocycles.